The molecule has 0 aliphatic carbocycles. The van der Waals surface area contributed by atoms with Gasteiger partial charge < -0.3 is 20.5 Å². The zero-order valence-electron chi connectivity index (χ0n) is 13.2. The maximum absolute atomic E-state index is 8.85. The van der Waals surface area contributed by atoms with Gasteiger partial charge in [-0.25, -0.2) is 0 Å². The first-order chi connectivity index (χ1) is 10.8. The number of anilines is 1. The van der Waals surface area contributed by atoms with Crippen LogP contribution in [0.4, 0.5) is 5.69 Å². The van der Waals surface area contributed by atoms with Gasteiger partial charge in [0.05, 0.1) is 13.7 Å². The van der Waals surface area contributed by atoms with Gasteiger partial charge in [-0.3, -0.25) is 0 Å². The number of nitrogens with one attached hydrogen (secondary N) is 2. The number of ether oxygens (including phenoxy) is 1. The van der Waals surface area contributed by atoms with Gasteiger partial charge in [0, 0.05) is 30.9 Å². The second kappa shape index (κ2) is 8.41. The van der Waals surface area contributed by atoms with Crippen LogP contribution in [-0.4, -0.2) is 31.9 Å². The lowest BCUT2D eigenvalue weighted by Crippen LogP contribution is -2.17. The number of hydrogen-bond donors (Lipinski definition) is 3. The fourth-order valence-corrected chi connectivity index (χ4v) is 2.40. The lowest BCUT2D eigenvalue weighted by Gasteiger charge is -2.13. The van der Waals surface area contributed by atoms with Gasteiger partial charge in [-0.1, -0.05) is 18.2 Å². The normalized spacial score (nSPS) is 10.5. The van der Waals surface area contributed by atoms with E-state index >= 15 is 0 Å². The molecule has 0 aliphatic rings. The molecule has 0 spiro atoms. The Morgan fingerprint density at radius 1 is 1.14 bits per heavy atom. The summed E-state index contributed by atoms with van der Waals surface area (Å²) in [6.45, 7) is 4.45. The standard InChI is InChI=1S/C18H24N2O2/c1-3-20-16-6-4-5-15(12-16)17-11-14(13-19-9-10-21)7-8-18(17)22-2/h4-8,11-12,19-21H,3,9-10,13H2,1-2H3. The summed E-state index contributed by atoms with van der Waals surface area (Å²) in [4.78, 5) is 0. The molecule has 0 aromatic heterocycles. The minimum absolute atomic E-state index is 0.147. The van der Waals surface area contributed by atoms with Crippen molar-refractivity contribution in [2.75, 3.05) is 32.1 Å². The first-order valence-electron chi connectivity index (χ1n) is 7.61. The van der Waals surface area contributed by atoms with E-state index in [2.05, 4.69) is 41.8 Å². The molecule has 0 unspecified atom stereocenters. The van der Waals surface area contributed by atoms with Crippen LogP contribution in [0, 0.1) is 0 Å². The number of rotatable bonds is 8. The molecule has 0 bridgehead atoms. The molecule has 2 aromatic carbocycles. The summed E-state index contributed by atoms with van der Waals surface area (Å²) in [6.07, 6.45) is 0. The lowest BCUT2D eigenvalue weighted by atomic mass is 10.0. The Morgan fingerprint density at radius 3 is 2.73 bits per heavy atom. The van der Waals surface area contributed by atoms with Gasteiger partial charge in [-0.2, -0.15) is 0 Å². The minimum atomic E-state index is 0.147. The molecule has 0 radical (unpaired) electrons. The zero-order valence-corrected chi connectivity index (χ0v) is 13.2. The predicted molar refractivity (Wildman–Crippen MR) is 91.4 cm³/mol. The molecule has 0 saturated heterocycles. The molecular weight excluding hydrogens is 276 g/mol. The van der Waals surface area contributed by atoms with Gasteiger partial charge in [0.2, 0.25) is 0 Å². The molecule has 0 fully saturated rings. The molecule has 0 aliphatic heterocycles. The molecule has 4 nitrogen and oxygen atoms in total. The third kappa shape index (κ3) is 4.23. The van der Waals surface area contributed by atoms with E-state index in [1.807, 2.05) is 18.2 Å². The summed E-state index contributed by atoms with van der Waals surface area (Å²) in [5.74, 6) is 0.861. The van der Waals surface area contributed by atoms with Crippen molar-refractivity contribution in [2.45, 2.75) is 13.5 Å². The second-order valence-electron chi connectivity index (χ2n) is 5.05. The predicted octanol–water partition coefficient (Wildman–Crippen LogP) is 2.88. The van der Waals surface area contributed by atoms with Crippen molar-refractivity contribution in [2.24, 2.45) is 0 Å². The zero-order chi connectivity index (χ0) is 15.8. The summed E-state index contributed by atoms with van der Waals surface area (Å²) >= 11 is 0. The summed E-state index contributed by atoms with van der Waals surface area (Å²) in [5.41, 5.74) is 4.47. The Bertz CT molecular complexity index is 599. The minimum Gasteiger partial charge on any atom is -0.496 e. The quantitative estimate of drug-likeness (QED) is 0.656. The number of benzene rings is 2. The molecule has 3 N–H and O–H groups in total. The van der Waals surface area contributed by atoms with E-state index in [9.17, 15) is 0 Å². The molecule has 0 amide bonds. The van der Waals surface area contributed by atoms with E-state index < -0.39 is 0 Å². The third-order valence-electron chi connectivity index (χ3n) is 3.44. The van der Waals surface area contributed by atoms with E-state index in [1.54, 1.807) is 7.11 Å². The first kappa shape index (κ1) is 16.3. The largest absolute Gasteiger partial charge is 0.496 e. The Labute approximate surface area is 132 Å². The van der Waals surface area contributed by atoms with Crippen molar-refractivity contribution in [3.63, 3.8) is 0 Å². The molecule has 0 atom stereocenters. The SMILES string of the molecule is CCNc1cccc(-c2cc(CNCCO)ccc2OC)c1. The van der Waals surface area contributed by atoms with Crippen LogP contribution in [0.5, 0.6) is 5.75 Å². The highest BCUT2D eigenvalue weighted by molar-refractivity contribution is 5.74. The van der Waals surface area contributed by atoms with Crippen molar-refractivity contribution < 1.29 is 9.84 Å². The summed E-state index contributed by atoms with van der Waals surface area (Å²) < 4.78 is 5.50. The van der Waals surface area contributed by atoms with Crippen LogP contribution < -0.4 is 15.4 Å². The van der Waals surface area contributed by atoms with Gasteiger partial charge in [0.25, 0.3) is 0 Å². The van der Waals surface area contributed by atoms with Crippen LogP contribution in [0.3, 0.4) is 0 Å². The number of aliphatic hydroxyl groups excluding tert-OH is 1. The van der Waals surface area contributed by atoms with Gasteiger partial charge in [0.15, 0.2) is 0 Å². The molecule has 4 heteroatoms. The van der Waals surface area contributed by atoms with Gasteiger partial charge >= 0.3 is 0 Å². The average molecular weight is 300 g/mol. The smallest absolute Gasteiger partial charge is 0.126 e. The fourth-order valence-electron chi connectivity index (χ4n) is 2.40. The summed E-state index contributed by atoms with van der Waals surface area (Å²) in [7, 11) is 1.69. The van der Waals surface area contributed by atoms with Crippen LogP contribution in [0.15, 0.2) is 42.5 Å². The Hall–Kier alpha value is -2.04. The van der Waals surface area contributed by atoms with Gasteiger partial charge in [-0.05, 0) is 42.3 Å². The van der Waals surface area contributed by atoms with E-state index in [0.717, 1.165) is 41.2 Å². The maximum atomic E-state index is 8.85. The average Bonchev–Trinajstić information content (AvgIpc) is 2.55. The van der Waals surface area contributed by atoms with Crippen molar-refractivity contribution in [3.8, 4) is 16.9 Å². The van der Waals surface area contributed by atoms with Crippen LogP contribution in [0.1, 0.15) is 12.5 Å². The second-order valence-corrected chi connectivity index (χ2v) is 5.05. The maximum Gasteiger partial charge on any atom is 0.126 e. The Kier molecular flexibility index (Phi) is 6.25. The molecule has 0 saturated carbocycles. The van der Waals surface area contributed by atoms with Crippen molar-refractivity contribution >= 4 is 5.69 Å². The van der Waals surface area contributed by atoms with Crippen LogP contribution >= 0.6 is 0 Å². The lowest BCUT2D eigenvalue weighted by molar-refractivity contribution is 0.292. The Balaban J connectivity index is 2.30. The molecule has 2 rings (SSSR count). The van der Waals surface area contributed by atoms with Crippen molar-refractivity contribution in [1.29, 1.82) is 0 Å². The summed E-state index contributed by atoms with van der Waals surface area (Å²) in [5, 5.41) is 15.4. The molecule has 0 heterocycles. The van der Waals surface area contributed by atoms with Crippen molar-refractivity contribution in [1.82, 2.24) is 5.32 Å². The highest BCUT2D eigenvalue weighted by atomic mass is 16.5. The van der Waals surface area contributed by atoms with Gasteiger partial charge in [-0.15, -0.1) is 0 Å². The monoisotopic (exact) mass is 300 g/mol. The van der Waals surface area contributed by atoms with E-state index in [1.165, 1.54) is 0 Å². The van der Waals surface area contributed by atoms with Gasteiger partial charge in [0.1, 0.15) is 5.75 Å². The number of aliphatic hydroxyl groups is 1. The number of methoxy groups -OCH3 is 1. The Morgan fingerprint density at radius 2 is 2.00 bits per heavy atom. The third-order valence-corrected chi connectivity index (χ3v) is 3.44. The van der Waals surface area contributed by atoms with Crippen LogP contribution in [0.25, 0.3) is 11.1 Å². The molecule has 2 aromatic rings. The molecule has 22 heavy (non-hydrogen) atoms. The van der Waals surface area contributed by atoms with Crippen LogP contribution in [-0.2, 0) is 6.54 Å². The highest BCUT2D eigenvalue weighted by Gasteiger charge is 2.08. The first-order valence-corrected chi connectivity index (χ1v) is 7.61. The van der Waals surface area contributed by atoms with E-state index in [-0.39, 0.29) is 6.61 Å². The van der Waals surface area contributed by atoms with E-state index in [0.29, 0.717) is 6.54 Å². The fraction of sp³-hybridized carbons (Fsp3) is 0.333. The summed E-state index contributed by atoms with van der Waals surface area (Å²) in [6, 6.07) is 14.5. The molecule has 118 valence electrons. The van der Waals surface area contributed by atoms with Crippen LogP contribution in [0.2, 0.25) is 0 Å². The number of hydrogen-bond acceptors (Lipinski definition) is 4. The highest BCUT2D eigenvalue weighted by Crippen LogP contribution is 2.32. The van der Waals surface area contributed by atoms with E-state index in [4.69, 9.17) is 9.84 Å². The molecular formula is C18H24N2O2. The topological polar surface area (TPSA) is 53.5 Å². The van der Waals surface area contributed by atoms with Crippen molar-refractivity contribution in [3.05, 3.63) is 48.0 Å².